The molecule has 0 saturated heterocycles. The summed E-state index contributed by atoms with van der Waals surface area (Å²) in [6.45, 7) is 2.88. The number of benzene rings is 1. The highest BCUT2D eigenvalue weighted by Gasteiger charge is 2.22. The van der Waals surface area contributed by atoms with Crippen LogP contribution in [0.4, 0.5) is 0 Å². The molecule has 2 aromatic heterocycles. The summed E-state index contributed by atoms with van der Waals surface area (Å²) in [5.41, 5.74) is 5.21. The van der Waals surface area contributed by atoms with E-state index in [-0.39, 0.29) is 6.04 Å². The van der Waals surface area contributed by atoms with Gasteiger partial charge in [0.25, 0.3) is 0 Å². The number of fused-ring (bicyclic) bond motifs is 1. The molecule has 0 fully saturated rings. The first-order chi connectivity index (χ1) is 11.2. The number of halogens is 1. The third-order valence-electron chi connectivity index (χ3n) is 3.97. The second kappa shape index (κ2) is 5.63. The highest BCUT2D eigenvalue weighted by Crippen LogP contribution is 2.35. The number of aromatic nitrogens is 3. The standard InChI is InChI=1S/C18H15ClN4/c1-12-11-23-16(10-21-12)17(13-6-8-20-9-7-13)18(22-23)14-2-4-15(19)5-3-14/h2-10,12H,11H2,1H3/t12-/m0/s1. The fourth-order valence-corrected chi connectivity index (χ4v) is 2.98. The summed E-state index contributed by atoms with van der Waals surface area (Å²) in [5.74, 6) is 0. The number of pyridine rings is 1. The second-order valence-electron chi connectivity index (χ2n) is 5.66. The first kappa shape index (κ1) is 14.2. The van der Waals surface area contributed by atoms with Gasteiger partial charge in [0.15, 0.2) is 0 Å². The van der Waals surface area contributed by atoms with Gasteiger partial charge in [0.05, 0.1) is 18.3 Å². The summed E-state index contributed by atoms with van der Waals surface area (Å²) < 4.78 is 2.04. The van der Waals surface area contributed by atoms with Crippen molar-refractivity contribution in [1.82, 2.24) is 14.8 Å². The number of rotatable bonds is 2. The molecule has 3 aromatic rings. The van der Waals surface area contributed by atoms with Gasteiger partial charge >= 0.3 is 0 Å². The summed E-state index contributed by atoms with van der Waals surface area (Å²) >= 11 is 6.02. The molecule has 1 aliphatic heterocycles. The van der Waals surface area contributed by atoms with Crippen LogP contribution in [0.3, 0.4) is 0 Å². The molecule has 1 aromatic carbocycles. The zero-order valence-electron chi connectivity index (χ0n) is 12.6. The van der Waals surface area contributed by atoms with Gasteiger partial charge in [-0.2, -0.15) is 5.10 Å². The highest BCUT2D eigenvalue weighted by molar-refractivity contribution is 6.30. The van der Waals surface area contributed by atoms with Crippen molar-refractivity contribution < 1.29 is 0 Å². The maximum Gasteiger partial charge on any atom is 0.101 e. The van der Waals surface area contributed by atoms with Gasteiger partial charge in [-0.15, -0.1) is 0 Å². The Bertz CT molecular complexity index is 866. The Morgan fingerprint density at radius 2 is 1.78 bits per heavy atom. The lowest BCUT2D eigenvalue weighted by Gasteiger charge is -2.14. The largest absolute Gasteiger partial charge is 0.286 e. The molecule has 23 heavy (non-hydrogen) atoms. The lowest BCUT2D eigenvalue weighted by Crippen LogP contribution is -2.19. The van der Waals surface area contributed by atoms with Gasteiger partial charge in [0.1, 0.15) is 5.69 Å². The van der Waals surface area contributed by atoms with E-state index in [0.717, 1.165) is 39.6 Å². The molecule has 0 spiro atoms. The molecule has 5 heteroatoms. The van der Waals surface area contributed by atoms with Crippen LogP contribution < -0.4 is 0 Å². The van der Waals surface area contributed by atoms with E-state index >= 15 is 0 Å². The van der Waals surface area contributed by atoms with Crippen molar-refractivity contribution in [1.29, 1.82) is 0 Å². The number of hydrogen-bond acceptors (Lipinski definition) is 3. The summed E-state index contributed by atoms with van der Waals surface area (Å²) in [5, 5.41) is 5.56. The van der Waals surface area contributed by atoms with Gasteiger partial charge in [-0.05, 0) is 36.8 Å². The van der Waals surface area contributed by atoms with Crippen LogP contribution in [0.25, 0.3) is 22.4 Å². The highest BCUT2D eigenvalue weighted by atomic mass is 35.5. The molecule has 1 aliphatic rings. The van der Waals surface area contributed by atoms with Gasteiger partial charge in [-0.3, -0.25) is 14.7 Å². The van der Waals surface area contributed by atoms with Gasteiger partial charge in [-0.1, -0.05) is 23.7 Å². The van der Waals surface area contributed by atoms with E-state index in [1.165, 1.54) is 0 Å². The van der Waals surface area contributed by atoms with Crippen molar-refractivity contribution in [2.45, 2.75) is 19.5 Å². The zero-order valence-corrected chi connectivity index (χ0v) is 13.4. The van der Waals surface area contributed by atoms with E-state index in [2.05, 4.69) is 16.9 Å². The molecule has 3 heterocycles. The molecule has 0 bridgehead atoms. The maximum absolute atomic E-state index is 6.02. The van der Waals surface area contributed by atoms with Crippen LogP contribution in [-0.2, 0) is 6.54 Å². The van der Waals surface area contributed by atoms with E-state index in [0.29, 0.717) is 0 Å². The Hall–Kier alpha value is -2.46. The van der Waals surface area contributed by atoms with Crippen molar-refractivity contribution in [2.24, 2.45) is 4.99 Å². The van der Waals surface area contributed by atoms with E-state index in [1.807, 2.05) is 47.3 Å². The Labute approximate surface area is 139 Å². The molecule has 4 nitrogen and oxygen atoms in total. The van der Waals surface area contributed by atoms with Crippen molar-refractivity contribution in [3.8, 4) is 22.4 Å². The van der Waals surface area contributed by atoms with Crippen LogP contribution in [0, 0.1) is 0 Å². The Morgan fingerprint density at radius 3 is 2.52 bits per heavy atom. The SMILES string of the molecule is C[C@H]1Cn2nc(-c3ccc(Cl)cc3)c(-c3ccncc3)c2C=N1. The molecule has 0 radical (unpaired) electrons. The van der Waals surface area contributed by atoms with E-state index in [9.17, 15) is 0 Å². The minimum absolute atomic E-state index is 0.241. The Balaban J connectivity index is 1.95. The lowest BCUT2D eigenvalue weighted by atomic mass is 9.99. The smallest absolute Gasteiger partial charge is 0.101 e. The fraction of sp³-hybridized carbons (Fsp3) is 0.167. The van der Waals surface area contributed by atoms with Gasteiger partial charge in [0.2, 0.25) is 0 Å². The van der Waals surface area contributed by atoms with Crippen molar-refractivity contribution in [2.75, 3.05) is 0 Å². The first-order valence-corrected chi connectivity index (χ1v) is 7.90. The van der Waals surface area contributed by atoms with Gasteiger partial charge in [0, 0.05) is 34.8 Å². The van der Waals surface area contributed by atoms with Gasteiger partial charge < -0.3 is 0 Å². The molecule has 114 valence electrons. The van der Waals surface area contributed by atoms with Crippen molar-refractivity contribution >= 4 is 17.8 Å². The van der Waals surface area contributed by atoms with Crippen LogP contribution in [0.2, 0.25) is 5.02 Å². The van der Waals surface area contributed by atoms with Crippen LogP contribution in [0.5, 0.6) is 0 Å². The summed E-state index contributed by atoms with van der Waals surface area (Å²) in [6.07, 6.45) is 5.53. The second-order valence-corrected chi connectivity index (χ2v) is 6.10. The average Bonchev–Trinajstić information content (AvgIpc) is 2.94. The summed E-state index contributed by atoms with van der Waals surface area (Å²) in [4.78, 5) is 8.67. The predicted octanol–water partition coefficient (Wildman–Crippen LogP) is 4.09. The quantitative estimate of drug-likeness (QED) is 0.713. The first-order valence-electron chi connectivity index (χ1n) is 7.52. The molecule has 0 unspecified atom stereocenters. The average molecular weight is 323 g/mol. The maximum atomic E-state index is 6.02. The Morgan fingerprint density at radius 1 is 1.04 bits per heavy atom. The van der Waals surface area contributed by atoms with Crippen LogP contribution >= 0.6 is 11.6 Å². The van der Waals surface area contributed by atoms with E-state index < -0.39 is 0 Å². The topological polar surface area (TPSA) is 43.1 Å². The molecule has 0 N–H and O–H groups in total. The monoisotopic (exact) mass is 322 g/mol. The number of aliphatic imine (C=N–C) groups is 1. The number of nitrogens with zero attached hydrogens (tertiary/aromatic N) is 4. The molecular weight excluding hydrogens is 308 g/mol. The minimum atomic E-state index is 0.241. The molecule has 0 amide bonds. The molecule has 4 rings (SSSR count). The van der Waals surface area contributed by atoms with Gasteiger partial charge in [-0.25, -0.2) is 0 Å². The molecular formula is C18H15ClN4. The molecule has 0 aliphatic carbocycles. The summed E-state index contributed by atoms with van der Waals surface area (Å²) in [6, 6.07) is 12.0. The number of hydrogen-bond donors (Lipinski definition) is 0. The minimum Gasteiger partial charge on any atom is -0.286 e. The van der Waals surface area contributed by atoms with Crippen molar-refractivity contribution in [3.05, 3.63) is 59.5 Å². The van der Waals surface area contributed by atoms with Crippen LogP contribution in [-0.4, -0.2) is 27.0 Å². The lowest BCUT2D eigenvalue weighted by molar-refractivity contribution is 0.527. The predicted molar refractivity (Wildman–Crippen MR) is 93.0 cm³/mol. The molecule has 1 atom stereocenters. The van der Waals surface area contributed by atoms with Crippen molar-refractivity contribution in [3.63, 3.8) is 0 Å². The zero-order chi connectivity index (χ0) is 15.8. The van der Waals surface area contributed by atoms with E-state index in [1.54, 1.807) is 12.4 Å². The normalized spacial score (nSPS) is 16.3. The summed E-state index contributed by atoms with van der Waals surface area (Å²) in [7, 11) is 0. The van der Waals surface area contributed by atoms with Crippen LogP contribution in [0.15, 0.2) is 53.8 Å². The molecule has 0 saturated carbocycles. The third-order valence-corrected chi connectivity index (χ3v) is 4.22. The Kier molecular flexibility index (Phi) is 3.46. The fourth-order valence-electron chi connectivity index (χ4n) is 2.85. The van der Waals surface area contributed by atoms with E-state index in [4.69, 9.17) is 16.7 Å². The third kappa shape index (κ3) is 2.55. The van der Waals surface area contributed by atoms with Crippen LogP contribution in [0.1, 0.15) is 12.6 Å².